The highest BCUT2D eigenvalue weighted by Gasteiger charge is 2.28. The van der Waals surface area contributed by atoms with Gasteiger partial charge < -0.3 is 14.6 Å². The Kier molecular flexibility index (Phi) is 4.50. The number of nitrogens with zero attached hydrogens (tertiary/aromatic N) is 2. The molecule has 0 spiro atoms. The summed E-state index contributed by atoms with van der Waals surface area (Å²) in [6.45, 7) is 3.55. The van der Waals surface area contributed by atoms with E-state index in [1.54, 1.807) is 0 Å². The Morgan fingerprint density at radius 1 is 1.33 bits per heavy atom. The quantitative estimate of drug-likeness (QED) is 0.808. The number of hydrogen-bond acceptors (Lipinski definition) is 5. The third-order valence-electron chi connectivity index (χ3n) is 3.50. The number of rotatable bonds is 8. The average molecular weight is 287 g/mol. The smallest absolute Gasteiger partial charge is 0.227 e. The first kappa shape index (κ1) is 14.1. The third-order valence-corrected chi connectivity index (χ3v) is 3.50. The molecular formula is C16H21N3O2. The van der Waals surface area contributed by atoms with Crippen LogP contribution in [0.15, 0.2) is 34.9 Å². The fraction of sp³-hybridized carbons (Fsp3) is 0.500. The summed E-state index contributed by atoms with van der Waals surface area (Å²) in [5.74, 6) is 3.05. The minimum Gasteiger partial charge on any atom is -0.492 e. The van der Waals surface area contributed by atoms with E-state index in [-0.39, 0.29) is 6.04 Å². The molecule has 3 rings (SSSR count). The van der Waals surface area contributed by atoms with Crippen LogP contribution in [0.5, 0.6) is 5.75 Å². The molecule has 1 aliphatic rings. The molecular weight excluding hydrogens is 266 g/mol. The van der Waals surface area contributed by atoms with Crippen molar-refractivity contribution in [1.82, 2.24) is 15.5 Å². The van der Waals surface area contributed by atoms with E-state index in [1.165, 1.54) is 12.8 Å². The molecule has 1 saturated carbocycles. The highest BCUT2D eigenvalue weighted by Crippen LogP contribution is 2.38. The second-order valence-corrected chi connectivity index (χ2v) is 5.55. The Morgan fingerprint density at radius 2 is 2.14 bits per heavy atom. The molecule has 1 N–H and O–H groups in total. The van der Waals surface area contributed by atoms with Crippen molar-refractivity contribution >= 4 is 0 Å². The van der Waals surface area contributed by atoms with Gasteiger partial charge in [0, 0.05) is 24.9 Å². The molecule has 0 aliphatic heterocycles. The van der Waals surface area contributed by atoms with Crippen LogP contribution in [-0.4, -0.2) is 29.3 Å². The molecule has 1 aromatic heterocycles. The number of para-hydroxylation sites is 1. The van der Waals surface area contributed by atoms with Crippen molar-refractivity contribution in [3.8, 4) is 5.75 Å². The van der Waals surface area contributed by atoms with Crippen molar-refractivity contribution < 1.29 is 9.26 Å². The third kappa shape index (κ3) is 4.29. The molecule has 2 aromatic rings. The molecule has 1 aromatic carbocycles. The van der Waals surface area contributed by atoms with Gasteiger partial charge in [-0.1, -0.05) is 23.4 Å². The standard InChI is InChI=1S/C16H21N3O2/c1-12(11-20-14-5-3-2-4-6-14)17-10-9-15-18-16(19-21-15)13-7-8-13/h2-6,12-13,17H,7-11H2,1H3/t12-/m0/s1. The van der Waals surface area contributed by atoms with Gasteiger partial charge in [0.05, 0.1) is 0 Å². The van der Waals surface area contributed by atoms with Crippen LogP contribution >= 0.6 is 0 Å². The van der Waals surface area contributed by atoms with E-state index in [2.05, 4.69) is 22.4 Å². The van der Waals surface area contributed by atoms with Gasteiger partial charge in [-0.25, -0.2) is 0 Å². The lowest BCUT2D eigenvalue weighted by Crippen LogP contribution is -2.33. The van der Waals surface area contributed by atoms with E-state index in [4.69, 9.17) is 9.26 Å². The maximum atomic E-state index is 5.70. The van der Waals surface area contributed by atoms with Crippen LogP contribution in [0.2, 0.25) is 0 Å². The normalized spacial score (nSPS) is 15.9. The van der Waals surface area contributed by atoms with E-state index < -0.39 is 0 Å². The van der Waals surface area contributed by atoms with Gasteiger partial charge in [0.1, 0.15) is 12.4 Å². The Balaban J connectivity index is 1.34. The van der Waals surface area contributed by atoms with Gasteiger partial charge in [0.15, 0.2) is 5.82 Å². The zero-order valence-electron chi connectivity index (χ0n) is 12.3. The summed E-state index contributed by atoms with van der Waals surface area (Å²) < 4.78 is 10.9. The first-order chi connectivity index (χ1) is 10.3. The van der Waals surface area contributed by atoms with Crippen molar-refractivity contribution in [2.24, 2.45) is 0 Å². The topological polar surface area (TPSA) is 60.2 Å². The van der Waals surface area contributed by atoms with E-state index in [9.17, 15) is 0 Å². The summed E-state index contributed by atoms with van der Waals surface area (Å²) >= 11 is 0. The van der Waals surface area contributed by atoms with Crippen molar-refractivity contribution in [2.45, 2.75) is 38.1 Å². The summed E-state index contributed by atoms with van der Waals surface area (Å²) in [6, 6.07) is 10.1. The highest BCUT2D eigenvalue weighted by atomic mass is 16.5. The Bertz CT molecular complexity index is 552. The molecule has 5 nitrogen and oxygen atoms in total. The molecule has 1 atom stereocenters. The predicted molar refractivity (Wildman–Crippen MR) is 79.4 cm³/mol. The minimum atomic E-state index is 0.274. The van der Waals surface area contributed by atoms with Gasteiger partial charge >= 0.3 is 0 Å². The predicted octanol–water partition coefficient (Wildman–Crippen LogP) is 2.55. The van der Waals surface area contributed by atoms with Gasteiger partial charge in [-0.3, -0.25) is 0 Å². The van der Waals surface area contributed by atoms with E-state index >= 15 is 0 Å². The van der Waals surface area contributed by atoms with Crippen molar-refractivity contribution in [3.05, 3.63) is 42.0 Å². The van der Waals surface area contributed by atoms with Crippen LogP contribution in [0.3, 0.4) is 0 Å². The molecule has 0 unspecified atom stereocenters. The lowest BCUT2D eigenvalue weighted by molar-refractivity contribution is 0.272. The molecule has 0 amide bonds. The lowest BCUT2D eigenvalue weighted by Gasteiger charge is -2.14. The first-order valence-electron chi connectivity index (χ1n) is 7.55. The maximum Gasteiger partial charge on any atom is 0.227 e. The van der Waals surface area contributed by atoms with Crippen molar-refractivity contribution in [3.63, 3.8) is 0 Å². The lowest BCUT2D eigenvalue weighted by atomic mass is 10.3. The van der Waals surface area contributed by atoms with E-state index in [0.717, 1.165) is 30.4 Å². The molecule has 5 heteroatoms. The summed E-state index contributed by atoms with van der Waals surface area (Å²) in [5, 5.41) is 7.42. The molecule has 1 fully saturated rings. The van der Waals surface area contributed by atoms with E-state index in [1.807, 2.05) is 30.3 Å². The zero-order chi connectivity index (χ0) is 14.5. The average Bonchev–Trinajstić information content (AvgIpc) is 3.26. The van der Waals surface area contributed by atoms with Gasteiger partial charge in [0.2, 0.25) is 5.89 Å². The SMILES string of the molecule is C[C@@H](COc1ccccc1)NCCc1nc(C2CC2)no1. The Hall–Kier alpha value is -1.88. The van der Waals surface area contributed by atoms with Crippen molar-refractivity contribution in [2.75, 3.05) is 13.2 Å². The van der Waals surface area contributed by atoms with Gasteiger partial charge in [0.25, 0.3) is 0 Å². The molecule has 21 heavy (non-hydrogen) atoms. The van der Waals surface area contributed by atoms with Crippen LogP contribution in [0.25, 0.3) is 0 Å². The molecule has 0 saturated heterocycles. The van der Waals surface area contributed by atoms with E-state index in [0.29, 0.717) is 12.5 Å². The van der Waals surface area contributed by atoms with Crippen LogP contribution in [0.1, 0.15) is 37.4 Å². The first-order valence-corrected chi connectivity index (χ1v) is 7.55. The molecule has 112 valence electrons. The highest BCUT2D eigenvalue weighted by molar-refractivity contribution is 5.20. The molecule has 1 heterocycles. The van der Waals surface area contributed by atoms with Crippen LogP contribution in [0, 0.1) is 0 Å². The fourth-order valence-corrected chi connectivity index (χ4v) is 2.10. The van der Waals surface area contributed by atoms with Crippen LogP contribution in [-0.2, 0) is 6.42 Å². The summed E-state index contributed by atoms with van der Waals surface area (Å²) in [6.07, 6.45) is 3.16. The summed E-state index contributed by atoms with van der Waals surface area (Å²) in [4.78, 5) is 4.41. The second-order valence-electron chi connectivity index (χ2n) is 5.55. The molecule has 0 bridgehead atoms. The minimum absolute atomic E-state index is 0.274. The molecule has 1 aliphatic carbocycles. The van der Waals surface area contributed by atoms with Crippen LogP contribution in [0.4, 0.5) is 0 Å². The number of nitrogens with one attached hydrogen (secondary N) is 1. The van der Waals surface area contributed by atoms with Gasteiger partial charge in [-0.2, -0.15) is 4.98 Å². The Morgan fingerprint density at radius 3 is 2.90 bits per heavy atom. The summed E-state index contributed by atoms with van der Waals surface area (Å²) in [7, 11) is 0. The maximum absolute atomic E-state index is 5.70. The number of hydrogen-bond donors (Lipinski definition) is 1. The van der Waals surface area contributed by atoms with Gasteiger partial charge in [-0.05, 0) is 31.9 Å². The number of ether oxygens (including phenoxy) is 1. The fourth-order valence-electron chi connectivity index (χ4n) is 2.10. The Labute approximate surface area is 124 Å². The summed E-state index contributed by atoms with van der Waals surface area (Å²) in [5.41, 5.74) is 0. The van der Waals surface area contributed by atoms with Crippen LogP contribution < -0.4 is 10.1 Å². The monoisotopic (exact) mass is 287 g/mol. The number of aromatic nitrogens is 2. The largest absolute Gasteiger partial charge is 0.492 e. The van der Waals surface area contributed by atoms with Crippen molar-refractivity contribution in [1.29, 1.82) is 0 Å². The second kappa shape index (κ2) is 6.72. The van der Waals surface area contributed by atoms with Gasteiger partial charge in [-0.15, -0.1) is 0 Å². The number of benzene rings is 1. The zero-order valence-corrected chi connectivity index (χ0v) is 12.3. The molecule has 0 radical (unpaired) electrons.